The van der Waals surface area contributed by atoms with Gasteiger partial charge in [-0.15, -0.1) is 0 Å². The molecule has 0 saturated heterocycles. The molecule has 0 bridgehead atoms. The van der Waals surface area contributed by atoms with Crippen molar-refractivity contribution in [2.45, 2.75) is 63.7 Å². The molecule has 0 aliphatic heterocycles. The molecule has 19 heavy (non-hydrogen) atoms. The van der Waals surface area contributed by atoms with E-state index in [9.17, 15) is 13.2 Å². The molecule has 2 atom stereocenters. The summed E-state index contributed by atoms with van der Waals surface area (Å²) in [5.74, 6) is -1.09. The van der Waals surface area contributed by atoms with Gasteiger partial charge in [0, 0.05) is 25.2 Å². The Balaban J connectivity index is 1.67. The maximum atomic E-state index is 12.7. The molecule has 0 aromatic heterocycles. The quantitative estimate of drug-likeness (QED) is 0.803. The Kier molecular flexibility index (Phi) is 5.12. The molecule has 2 unspecified atom stereocenters. The standard InChI is InChI=1S/C14H25F3N2/c1-2-19(13-6-7-13)9-8-18-12-5-3-4-11(10-12)14(15,16)17/h11-13,18H,2-10H2,1H3. The Morgan fingerprint density at radius 2 is 1.89 bits per heavy atom. The van der Waals surface area contributed by atoms with Crippen LogP contribution < -0.4 is 5.32 Å². The summed E-state index contributed by atoms with van der Waals surface area (Å²) < 4.78 is 38.1. The van der Waals surface area contributed by atoms with Crippen LogP contribution in [0, 0.1) is 5.92 Å². The van der Waals surface area contributed by atoms with Gasteiger partial charge in [-0.3, -0.25) is 4.90 Å². The average molecular weight is 278 g/mol. The van der Waals surface area contributed by atoms with Crippen molar-refractivity contribution < 1.29 is 13.2 Å². The van der Waals surface area contributed by atoms with Crippen LogP contribution in [-0.2, 0) is 0 Å². The molecule has 0 aromatic rings. The molecule has 2 saturated carbocycles. The molecule has 1 N–H and O–H groups in total. The van der Waals surface area contributed by atoms with Crippen LogP contribution in [0.4, 0.5) is 13.2 Å². The number of nitrogens with zero attached hydrogens (tertiary/aromatic N) is 1. The summed E-state index contributed by atoms with van der Waals surface area (Å²) in [6.07, 6.45) is 0.721. The fourth-order valence-corrected chi connectivity index (χ4v) is 3.12. The third-order valence-electron chi connectivity index (χ3n) is 4.44. The molecular formula is C14H25F3N2. The van der Waals surface area contributed by atoms with Crippen molar-refractivity contribution in [2.24, 2.45) is 5.92 Å². The second-order valence-electron chi connectivity index (χ2n) is 5.92. The van der Waals surface area contributed by atoms with Crippen molar-refractivity contribution in [3.8, 4) is 0 Å². The van der Waals surface area contributed by atoms with E-state index in [2.05, 4.69) is 17.1 Å². The molecule has 112 valence electrons. The first kappa shape index (κ1) is 15.1. The predicted molar refractivity (Wildman–Crippen MR) is 70.1 cm³/mol. The lowest BCUT2D eigenvalue weighted by atomic mass is 9.85. The van der Waals surface area contributed by atoms with E-state index in [-0.39, 0.29) is 12.5 Å². The van der Waals surface area contributed by atoms with Gasteiger partial charge in [-0.1, -0.05) is 13.3 Å². The number of hydrogen-bond acceptors (Lipinski definition) is 2. The van der Waals surface area contributed by atoms with Gasteiger partial charge in [-0.25, -0.2) is 0 Å². The van der Waals surface area contributed by atoms with Crippen molar-refractivity contribution in [1.82, 2.24) is 10.2 Å². The summed E-state index contributed by atoms with van der Waals surface area (Å²) in [5.41, 5.74) is 0. The van der Waals surface area contributed by atoms with E-state index in [4.69, 9.17) is 0 Å². The highest BCUT2D eigenvalue weighted by Crippen LogP contribution is 2.37. The summed E-state index contributed by atoms with van der Waals surface area (Å²) >= 11 is 0. The fraction of sp³-hybridized carbons (Fsp3) is 1.00. The second-order valence-corrected chi connectivity index (χ2v) is 5.92. The van der Waals surface area contributed by atoms with Gasteiger partial charge in [-0.05, 0) is 38.6 Å². The molecule has 0 spiro atoms. The van der Waals surface area contributed by atoms with Gasteiger partial charge in [0.15, 0.2) is 0 Å². The lowest BCUT2D eigenvalue weighted by Crippen LogP contribution is -2.42. The van der Waals surface area contributed by atoms with Gasteiger partial charge in [0.05, 0.1) is 5.92 Å². The summed E-state index contributed by atoms with van der Waals surface area (Å²) in [5, 5.41) is 3.33. The van der Waals surface area contributed by atoms with E-state index in [0.717, 1.165) is 32.1 Å². The second kappa shape index (κ2) is 6.44. The molecule has 0 heterocycles. The number of alkyl halides is 3. The largest absolute Gasteiger partial charge is 0.391 e. The van der Waals surface area contributed by atoms with Crippen molar-refractivity contribution in [3.63, 3.8) is 0 Å². The van der Waals surface area contributed by atoms with Gasteiger partial charge < -0.3 is 5.32 Å². The highest BCUT2D eigenvalue weighted by Gasteiger charge is 2.42. The highest BCUT2D eigenvalue weighted by molar-refractivity contribution is 4.85. The topological polar surface area (TPSA) is 15.3 Å². The Hall–Kier alpha value is -0.290. The minimum Gasteiger partial charge on any atom is -0.313 e. The SMILES string of the molecule is CCN(CCNC1CCCC(C(F)(F)F)C1)C1CC1. The molecule has 2 aliphatic rings. The maximum absolute atomic E-state index is 12.7. The van der Waals surface area contributed by atoms with Crippen molar-refractivity contribution in [3.05, 3.63) is 0 Å². The van der Waals surface area contributed by atoms with Gasteiger partial charge in [0.25, 0.3) is 0 Å². The zero-order valence-corrected chi connectivity index (χ0v) is 11.7. The first-order valence-electron chi connectivity index (χ1n) is 7.55. The fourth-order valence-electron chi connectivity index (χ4n) is 3.12. The molecule has 0 amide bonds. The summed E-state index contributed by atoms with van der Waals surface area (Å²) in [6.45, 7) is 4.98. The lowest BCUT2D eigenvalue weighted by Gasteiger charge is -2.31. The normalized spacial score (nSPS) is 28.9. The third kappa shape index (κ3) is 4.63. The molecule has 2 aliphatic carbocycles. The zero-order chi connectivity index (χ0) is 13.9. The first-order valence-corrected chi connectivity index (χ1v) is 7.55. The van der Waals surface area contributed by atoms with E-state index in [1.54, 1.807) is 0 Å². The van der Waals surface area contributed by atoms with E-state index >= 15 is 0 Å². The van der Waals surface area contributed by atoms with Crippen molar-refractivity contribution in [1.29, 1.82) is 0 Å². The molecule has 2 nitrogen and oxygen atoms in total. The molecular weight excluding hydrogens is 253 g/mol. The first-order chi connectivity index (χ1) is 9.00. The smallest absolute Gasteiger partial charge is 0.313 e. The third-order valence-corrected chi connectivity index (χ3v) is 4.44. The Bertz CT molecular complexity index is 276. The van der Waals surface area contributed by atoms with Crippen molar-refractivity contribution >= 4 is 0 Å². The van der Waals surface area contributed by atoms with Crippen LogP contribution >= 0.6 is 0 Å². The number of nitrogens with one attached hydrogen (secondary N) is 1. The van der Waals surface area contributed by atoms with Crippen LogP contribution in [0.25, 0.3) is 0 Å². The predicted octanol–water partition coefficient (Wildman–Crippen LogP) is 3.18. The van der Waals surface area contributed by atoms with Gasteiger partial charge in [-0.2, -0.15) is 13.2 Å². The minimum atomic E-state index is -4.01. The Morgan fingerprint density at radius 1 is 1.16 bits per heavy atom. The van der Waals surface area contributed by atoms with Gasteiger partial charge in [0.2, 0.25) is 0 Å². The molecule has 0 aromatic carbocycles. The summed E-state index contributed by atoms with van der Waals surface area (Å²) in [6, 6.07) is 0.791. The van der Waals surface area contributed by atoms with E-state index in [0.29, 0.717) is 12.8 Å². The minimum absolute atomic E-state index is 0.0540. The monoisotopic (exact) mass is 278 g/mol. The zero-order valence-electron chi connectivity index (χ0n) is 11.7. The number of hydrogen-bond donors (Lipinski definition) is 1. The molecule has 2 rings (SSSR count). The van der Waals surface area contributed by atoms with Crippen LogP contribution in [-0.4, -0.2) is 42.8 Å². The summed E-state index contributed by atoms with van der Waals surface area (Å²) in [4.78, 5) is 2.43. The summed E-state index contributed by atoms with van der Waals surface area (Å²) in [7, 11) is 0. The van der Waals surface area contributed by atoms with Crippen LogP contribution in [0.15, 0.2) is 0 Å². The molecule has 2 fully saturated rings. The van der Waals surface area contributed by atoms with Crippen LogP contribution in [0.5, 0.6) is 0 Å². The lowest BCUT2D eigenvalue weighted by molar-refractivity contribution is -0.183. The van der Waals surface area contributed by atoms with Crippen molar-refractivity contribution in [2.75, 3.05) is 19.6 Å². The van der Waals surface area contributed by atoms with Crippen LogP contribution in [0.3, 0.4) is 0 Å². The molecule has 0 radical (unpaired) electrons. The van der Waals surface area contributed by atoms with E-state index in [1.807, 2.05) is 0 Å². The highest BCUT2D eigenvalue weighted by atomic mass is 19.4. The molecule has 5 heteroatoms. The number of halogens is 3. The maximum Gasteiger partial charge on any atom is 0.391 e. The van der Waals surface area contributed by atoms with Gasteiger partial charge in [0.1, 0.15) is 0 Å². The number of rotatable bonds is 6. The van der Waals surface area contributed by atoms with E-state index < -0.39 is 12.1 Å². The van der Waals surface area contributed by atoms with E-state index in [1.165, 1.54) is 12.8 Å². The van der Waals surface area contributed by atoms with Crippen LogP contribution in [0.1, 0.15) is 45.4 Å². The Labute approximate surface area is 113 Å². The Morgan fingerprint density at radius 3 is 2.47 bits per heavy atom. The average Bonchev–Trinajstić information content (AvgIpc) is 3.18. The number of likely N-dealkylation sites (N-methyl/N-ethyl adjacent to an activating group) is 1. The van der Waals surface area contributed by atoms with Gasteiger partial charge >= 0.3 is 6.18 Å². The van der Waals surface area contributed by atoms with Crippen LogP contribution in [0.2, 0.25) is 0 Å².